The number of fused-ring (bicyclic) bond motifs is 2. The zero-order chi connectivity index (χ0) is 20.7. The summed E-state index contributed by atoms with van der Waals surface area (Å²) in [7, 11) is -0.630. The SMILES string of the molecule is CN(C)S(=O)(=O)c1cccc(NC(=O)CO/N=C2/C[C@@H]3CC[C@]2(C)C3(C)C)c1. The highest BCUT2D eigenvalue weighted by molar-refractivity contribution is 7.89. The maximum absolute atomic E-state index is 12.2. The first-order valence-corrected chi connectivity index (χ1v) is 10.9. The lowest BCUT2D eigenvalue weighted by Crippen LogP contribution is -2.32. The molecule has 1 aromatic rings. The first kappa shape index (κ1) is 20.8. The molecule has 2 saturated carbocycles. The predicted octanol–water partition coefficient (Wildman–Crippen LogP) is 3.09. The lowest BCUT2D eigenvalue weighted by Gasteiger charge is -2.34. The summed E-state index contributed by atoms with van der Waals surface area (Å²) in [6.45, 7) is 6.59. The molecule has 1 amide bonds. The van der Waals surface area contributed by atoms with Crippen molar-refractivity contribution in [3.63, 3.8) is 0 Å². The van der Waals surface area contributed by atoms with Crippen LogP contribution in [0.25, 0.3) is 0 Å². The largest absolute Gasteiger partial charge is 0.386 e. The minimum absolute atomic E-state index is 0.0308. The van der Waals surface area contributed by atoms with Crippen LogP contribution >= 0.6 is 0 Å². The van der Waals surface area contributed by atoms with Crippen molar-refractivity contribution < 1.29 is 18.0 Å². The van der Waals surface area contributed by atoms with Crippen LogP contribution in [0.1, 0.15) is 40.0 Å². The number of hydrogen-bond donors (Lipinski definition) is 1. The van der Waals surface area contributed by atoms with Crippen LogP contribution in [0.15, 0.2) is 34.3 Å². The van der Waals surface area contributed by atoms with E-state index in [0.717, 1.165) is 22.9 Å². The average molecular weight is 408 g/mol. The molecule has 0 unspecified atom stereocenters. The van der Waals surface area contributed by atoms with Gasteiger partial charge in [0, 0.05) is 25.2 Å². The summed E-state index contributed by atoms with van der Waals surface area (Å²) in [5.41, 5.74) is 1.68. The quantitative estimate of drug-likeness (QED) is 0.734. The maximum atomic E-state index is 12.2. The smallest absolute Gasteiger partial charge is 0.265 e. The Balaban J connectivity index is 1.61. The summed E-state index contributed by atoms with van der Waals surface area (Å²) in [5.74, 6) is 0.242. The second kappa shape index (κ2) is 7.15. The highest BCUT2D eigenvalue weighted by Crippen LogP contribution is 2.63. The van der Waals surface area contributed by atoms with Crippen LogP contribution < -0.4 is 5.32 Å². The molecule has 0 heterocycles. The van der Waals surface area contributed by atoms with Crippen molar-refractivity contribution in [1.29, 1.82) is 0 Å². The summed E-state index contributed by atoms with van der Waals surface area (Å²) in [5, 5.41) is 6.95. The molecule has 0 saturated heterocycles. The fourth-order valence-electron chi connectivity index (χ4n) is 4.38. The molecule has 28 heavy (non-hydrogen) atoms. The van der Waals surface area contributed by atoms with E-state index in [9.17, 15) is 13.2 Å². The number of oxime groups is 1. The molecule has 0 spiro atoms. The van der Waals surface area contributed by atoms with E-state index < -0.39 is 10.0 Å². The molecule has 2 aliphatic rings. The Morgan fingerprint density at radius 2 is 2.04 bits per heavy atom. The van der Waals surface area contributed by atoms with Gasteiger partial charge in [0.05, 0.1) is 10.6 Å². The van der Waals surface area contributed by atoms with Crippen LogP contribution in [-0.2, 0) is 19.7 Å². The first-order chi connectivity index (χ1) is 13.0. The van der Waals surface area contributed by atoms with Gasteiger partial charge in [0.2, 0.25) is 10.0 Å². The summed E-state index contributed by atoms with van der Waals surface area (Å²) in [4.78, 5) is 17.6. The van der Waals surface area contributed by atoms with Gasteiger partial charge in [-0.25, -0.2) is 12.7 Å². The molecule has 1 N–H and O–H groups in total. The van der Waals surface area contributed by atoms with Crippen molar-refractivity contribution in [3.05, 3.63) is 24.3 Å². The van der Waals surface area contributed by atoms with Crippen molar-refractivity contribution in [2.75, 3.05) is 26.0 Å². The van der Waals surface area contributed by atoms with Crippen LogP contribution in [0.2, 0.25) is 0 Å². The third-order valence-corrected chi connectivity index (χ3v) is 8.59. The minimum atomic E-state index is -3.56. The van der Waals surface area contributed by atoms with E-state index in [2.05, 4.69) is 31.2 Å². The van der Waals surface area contributed by atoms with Crippen molar-refractivity contribution in [2.45, 2.75) is 44.9 Å². The zero-order valence-corrected chi connectivity index (χ0v) is 18.0. The highest BCUT2D eigenvalue weighted by atomic mass is 32.2. The van der Waals surface area contributed by atoms with Gasteiger partial charge in [-0.3, -0.25) is 4.79 Å². The average Bonchev–Trinajstić information content (AvgIpc) is 2.95. The number of hydrogen-bond acceptors (Lipinski definition) is 5. The Hall–Kier alpha value is -1.93. The van der Waals surface area contributed by atoms with Crippen LogP contribution in [0.3, 0.4) is 0 Å². The van der Waals surface area contributed by atoms with Gasteiger partial charge in [0.1, 0.15) is 0 Å². The number of nitrogens with zero attached hydrogens (tertiary/aromatic N) is 2. The number of benzene rings is 1. The fourth-order valence-corrected chi connectivity index (χ4v) is 5.33. The second-order valence-corrected chi connectivity index (χ2v) is 10.8. The zero-order valence-electron chi connectivity index (χ0n) is 17.2. The van der Waals surface area contributed by atoms with Crippen molar-refractivity contribution in [2.24, 2.45) is 21.9 Å². The van der Waals surface area contributed by atoms with E-state index in [1.165, 1.54) is 32.6 Å². The van der Waals surface area contributed by atoms with Crippen LogP contribution in [-0.4, -0.2) is 45.0 Å². The lowest BCUT2D eigenvalue weighted by atomic mass is 9.70. The Morgan fingerprint density at radius 3 is 2.61 bits per heavy atom. The van der Waals surface area contributed by atoms with E-state index in [1.807, 2.05) is 0 Å². The lowest BCUT2D eigenvalue weighted by molar-refractivity contribution is -0.120. The number of amides is 1. The van der Waals surface area contributed by atoms with E-state index in [-0.39, 0.29) is 28.2 Å². The van der Waals surface area contributed by atoms with Gasteiger partial charge in [-0.1, -0.05) is 32.0 Å². The number of carbonyl (C=O) groups excluding carboxylic acids is 1. The highest BCUT2D eigenvalue weighted by Gasteiger charge is 2.60. The fraction of sp³-hybridized carbons (Fsp3) is 0.600. The van der Waals surface area contributed by atoms with Gasteiger partial charge in [-0.15, -0.1) is 0 Å². The van der Waals surface area contributed by atoms with Gasteiger partial charge in [-0.2, -0.15) is 0 Å². The third kappa shape index (κ3) is 3.43. The van der Waals surface area contributed by atoms with Crippen molar-refractivity contribution in [3.8, 4) is 0 Å². The van der Waals surface area contributed by atoms with E-state index in [1.54, 1.807) is 12.1 Å². The molecule has 8 heteroatoms. The molecule has 0 aliphatic heterocycles. The molecule has 3 rings (SSSR count). The van der Waals surface area contributed by atoms with E-state index >= 15 is 0 Å². The maximum Gasteiger partial charge on any atom is 0.265 e. The van der Waals surface area contributed by atoms with Gasteiger partial charge in [-0.05, 0) is 48.8 Å². The Labute approximate surface area is 167 Å². The summed E-state index contributed by atoms with van der Waals surface area (Å²) in [6, 6.07) is 6.15. The topological polar surface area (TPSA) is 88.1 Å². The molecule has 2 atom stereocenters. The van der Waals surface area contributed by atoms with Crippen molar-refractivity contribution in [1.82, 2.24) is 4.31 Å². The van der Waals surface area contributed by atoms with Gasteiger partial charge in [0.25, 0.3) is 5.91 Å². The normalized spacial score (nSPS) is 27.4. The molecule has 1 aromatic carbocycles. The minimum Gasteiger partial charge on any atom is -0.386 e. The Bertz CT molecular complexity index is 908. The second-order valence-electron chi connectivity index (χ2n) is 8.67. The van der Waals surface area contributed by atoms with Gasteiger partial charge in [0.15, 0.2) is 6.61 Å². The van der Waals surface area contributed by atoms with E-state index in [0.29, 0.717) is 11.6 Å². The summed E-state index contributed by atoms with van der Waals surface area (Å²) < 4.78 is 25.5. The molecule has 154 valence electrons. The van der Waals surface area contributed by atoms with Crippen LogP contribution in [0, 0.1) is 16.7 Å². The summed E-state index contributed by atoms with van der Waals surface area (Å²) in [6.07, 6.45) is 3.25. The third-order valence-electron chi connectivity index (χ3n) is 6.78. The van der Waals surface area contributed by atoms with E-state index in [4.69, 9.17) is 4.84 Å². The predicted molar refractivity (Wildman–Crippen MR) is 109 cm³/mol. The molecule has 7 nitrogen and oxygen atoms in total. The molecule has 0 aromatic heterocycles. The number of anilines is 1. The first-order valence-electron chi connectivity index (χ1n) is 9.50. The number of nitrogens with one attached hydrogen (secondary N) is 1. The number of carbonyl (C=O) groups is 1. The molecular weight excluding hydrogens is 378 g/mol. The molecular formula is C20H29N3O4S. The standard InChI is InChI=1S/C20H29N3O4S/c1-19(2)14-9-10-20(19,3)17(11-14)22-27-13-18(24)21-15-7-6-8-16(12-15)28(25,26)23(4)5/h6-8,12,14H,9-11,13H2,1-5H3,(H,21,24)/b22-17-/t14-,20-/m0/s1. The van der Waals surface area contributed by atoms with Crippen LogP contribution in [0.4, 0.5) is 5.69 Å². The molecule has 2 bridgehead atoms. The molecule has 2 aliphatic carbocycles. The number of sulfonamides is 1. The van der Waals surface area contributed by atoms with Gasteiger partial charge >= 0.3 is 0 Å². The van der Waals surface area contributed by atoms with Gasteiger partial charge < -0.3 is 10.2 Å². The monoisotopic (exact) mass is 407 g/mol. The molecule has 2 fully saturated rings. The van der Waals surface area contributed by atoms with Crippen LogP contribution in [0.5, 0.6) is 0 Å². The van der Waals surface area contributed by atoms with Crippen molar-refractivity contribution >= 4 is 27.3 Å². The summed E-state index contributed by atoms with van der Waals surface area (Å²) >= 11 is 0. The number of rotatable bonds is 6. The Morgan fingerprint density at radius 1 is 1.32 bits per heavy atom. The molecule has 0 radical (unpaired) electrons. The Kier molecular flexibility index (Phi) is 5.31.